The highest BCUT2D eigenvalue weighted by molar-refractivity contribution is 6.00. The molecular formula is C25H27N5O. The van der Waals surface area contributed by atoms with Crippen LogP contribution in [0.3, 0.4) is 0 Å². The van der Waals surface area contributed by atoms with Crippen LogP contribution in [0.1, 0.15) is 23.9 Å². The maximum absolute atomic E-state index is 13.3. The molecule has 0 bridgehead atoms. The van der Waals surface area contributed by atoms with E-state index in [1.54, 1.807) is 11.0 Å². The second kappa shape index (κ2) is 7.71. The maximum atomic E-state index is 13.3. The zero-order valence-corrected chi connectivity index (χ0v) is 18.2. The van der Waals surface area contributed by atoms with E-state index in [0.29, 0.717) is 6.04 Å². The Kier molecular flexibility index (Phi) is 4.87. The molecule has 0 saturated carbocycles. The van der Waals surface area contributed by atoms with Gasteiger partial charge in [-0.2, -0.15) is 0 Å². The fraction of sp³-hybridized carbons (Fsp3) is 0.280. The first-order valence-corrected chi connectivity index (χ1v) is 10.8. The molecule has 0 aromatic carbocycles. The average Bonchev–Trinajstić information content (AvgIpc) is 3.16. The molecule has 6 heteroatoms. The molecule has 31 heavy (non-hydrogen) atoms. The highest BCUT2D eigenvalue weighted by atomic mass is 16.2. The third-order valence-corrected chi connectivity index (χ3v) is 5.98. The topological polar surface area (TPSA) is 52.9 Å². The summed E-state index contributed by atoms with van der Waals surface area (Å²) >= 11 is 0. The van der Waals surface area contributed by atoms with Gasteiger partial charge in [-0.3, -0.25) is 14.7 Å². The number of fused-ring (bicyclic) bond motifs is 2. The van der Waals surface area contributed by atoms with E-state index in [9.17, 15) is 4.79 Å². The lowest BCUT2D eigenvalue weighted by Gasteiger charge is -2.36. The summed E-state index contributed by atoms with van der Waals surface area (Å²) in [7, 11) is 0. The normalized spacial score (nSPS) is 23.1. The minimum absolute atomic E-state index is 0.0445. The minimum Gasteiger partial charge on any atom is -0.368 e. The van der Waals surface area contributed by atoms with E-state index in [2.05, 4.69) is 44.9 Å². The monoisotopic (exact) mass is 413 g/mol. The largest absolute Gasteiger partial charge is 0.368 e. The highest BCUT2D eigenvalue weighted by Crippen LogP contribution is 2.27. The van der Waals surface area contributed by atoms with E-state index in [1.807, 2.05) is 50.5 Å². The zero-order chi connectivity index (χ0) is 21.5. The first-order chi connectivity index (χ1) is 15.0. The van der Waals surface area contributed by atoms with Crippen molar-refractivity contribution in [2.75, 3.05) is 19.6 Å². The Morgan fingerprint density at radius 1 is 1.13 bits per heavy atom. The highest BCUT2D eigenvalue weighted by Gasteiger charge is 2.23. The number of nitrogens with zero attached hydrogens (tertiary/aromatic N) is 4. The van der Waals surface area contributed by atoms with Crippen molar-refractivity contribution in [2.45, 2.75) is 26.8 Å². The van der Waals surface area contributed by atoms with Crippen molar-refractivity contribution in [3.05, 3.63) is 89.5 Å². The number of hydrogen-bond acceptors (Lipinski definition) is 4. The average molecular weight is 414 g/mol. The Morgan fingerprint density at radius 2 is 1.97 bits per heavy atom. The van der Waals surface area contributed by atoms with Gasteiger partial charge in [0.25, 0.3) is 5.91 Å². The number of aromatic nitrogens is 2. The molecule has 3 aliphatic heterocycles. The second-order valence-electron chi connectivity index (χ2n) is 8.44. The van der Waals surface area contributed by atoms with Crippen LogP contribution in [-0.2, 0) is 4.79 Å². The third-order valence-electron chi connectivity index (χ3n) is 5.98. The van der Waals surface area contributed by atoms with Gasteiger partial charge in [0.05, 0.1) is 22.6 Å². The molecule has 0 aliphatic carbocycles. The summed E-state index contributed by atoms with van der Waals surface area (Å²) in [6.07, 6.45) is 17.9. The van der Waals surface area contributed by atoms with E-state index in [-0.39, 0.29) is 5.91 Å². The van der Waals surface area contributed by atoms with Crippen LogP contribution in [-0.4, -0.2) is 50.8 Å². The van der Waals surface area contributed by atoms with E-state index < -0.39 is 0 Å². The number of rotatable bonds is 2. The molecule has 0 spiro atoms. The Morgan fingerprint density at radius 3 is 2.81 bits per heavy atom. The van der Waals surface area contributed by atoms with Gasteiger partial charge in [-0.05, 0) is 50.6 Å². The smallest absolute Gasteiger partial charge is 0.255 e. The first kappa shape index (κ1) is 19.6. The van der Waals surface area contributed by atoms with Gasteiger partial charge >= 0.3 is 0 Å². The molecular weight excluding hydrogens is 386 g/mol. The molecule has 1 saturated heterocycles. The Balaban J connectivity index is 1.49. The number of piperazine rings is 1. The lowest BCUT2D eigenvalue weighted by molar-refractivity contribution is -0.122. The van der Waals surface area contributed by atoms with Gasteiger partial charge in [-0.15, -0.1) is 0 Å². The Bertz CT molecular complexity index is 1210. The zero-order valence-electron chi connectivity index (χ0n) is 18.2. The van der Waals surface area contributed by atoms with Crippen LogP contribution in [0.4, 0.5) is 0 Å². The number of amides is 1. The van der Waals surface area contributed by atoms with Crippen LogP contribution < -0.4 is 5.32 Å². The van der Waals surface area contributed by atoms with Crippen molar-refractivity contribution >= 4 is 17.0 Å². The molecule has 1 fully saturated rings. The SMILES string of the molecule is Cc1cn2cc(C3=CC(=O)N4C=C(N5CCN[C@H](C)C5)C=C/C4=C\C=C3)cc2c(C)n1. The van der Waals surface area contributed by atoms with Crippen LogP contribution in [0.2, 0.25) is 0 Å². The summed E-state index contributed by atoms with van der Waals surface area (Å²) in [5.41, 5.74) is 6.85. The van der Waals surface area contributed by atoms with Crippen LogP contribution in [0.25, 0.3) is 11.1 Å². The van der Waals surface area contributed by atoms with E-state index in [0.717, 1.165) is 59.1 Å². The third kappa shape index (κ3) is 3.75. The van der Waals surface area contributed by atoms with Gasteiger partial charge in [0.1, 0.15) is 0 Å². The number of aryl methyl sites for hydroxylation is 2. The molecule has 6 nitrogen and oxygen atoms in total. The fourth-order valence-corrected chi connectivity index (χ4v) is 4.45. The number of carbonyl (C=O) groups excluding carboxylic acids is 1. The summed E-state index contributed by atoms with van der Waals surface area (Å²) in [6.45, 7) is 9.01. The standard InChI is InChI=1S/C25H27N5O/c1-17-13-28(10-9-26-17)23-8-7-22-6-4-5-20(12-25(31)30(22)16-23)21-11-24-19(3)27-18(2)14-29(24)15-21/h4-8,11-12,14-17,26H,9-10,13H2,1-3H3/b5-4?,20-12?,22-6+/t17-/m1/s1. The predicted octanol–water partition coefficient (Wildman–Crippen LogP) is 3.32. The maximum Gasteiger partial charge on any atom is 0.255 e. The summed E-state index contributed by atoms with van der Waals surface area (Å²) in [5, 5.41) is 3.47. The minimum atomic E-state index is -0.0445. The molecule has 5 heterocycles. The van der Waals surface area contributed by atoms with Crippen molar-refractivity contribution in [1.29, 1.82) is 0 Å². The molecule has 1 amide bonds. The molecule has 2 aromatic rings. The fourth-order valence-electron chi connectivity index (χ4n) is 4.45. The van der Waals surface area contributed by atoms with Gasteiger partial charge in [-0.1, -0.05) is 12.2 Å². The molecule has 1 N–H and O–H groups in total. The van der Waals surface area contributed by atoms with E-state index in [1.165, 1.54) is 0 Å². The molecule has 3 aliphatic rings. The molecule has 158 valence electrons. The lowest BCUT2D eigenvalue weighted by atomic mass is 10.1. The molecule has 1 atom stereocenters. The van der Waals surface area contributed by atoms with Gasteiger partial charge in [-0.25, -0.2) is 0 Å². The summed E-state index contributed by atoms with van der Waals surface area (Å²) in [4.78, 5) is 21.9. The van der Waals surface area contributed by atoms with Gasteiger partial charge < -0.3 is 14.6 Å². The van der Waals surface area contributed by atoms with Gasteiger partial charge in [0, 0.05) is 61.6 Å². The van der Waals surface area contributed by atoms with Crippen molar-refractivity contribution in [1.82, 2.24) is 24.5 Å². The summed E-state index contributed by atoms with van der Waals surface area (Å²) in [5.74, 6) is -0.0445. The number of hydrogen-bond donors (Lipinski definition) is 1. The summed E-state index contributed by atoms with van der Waals surface area (Å²) < 4.78 is 2.08. The van der Waals surface area contributed by atoms with Crippen molar-refractivity contribution < 1.29 is 4.79 Å². The Hall–Kier alpha value is -3.38. The molecule has 5 rings (SSSR count). The van der Waals surface area contributed by atoms with Crippen LogP contribution in [0.5, 0.6) is 0 Å². The van der Waals surface area contributed by atoms with Crippen molar-refractivity contribution in [3.63, 3.8) is 0 Å². The van der Waals surface area contributed by atoms with Crippen LogP contribution in [0.15, 0.2) is 72.5 Å². The second-order valence-corrected chi connectivity index (χ2v) is 8.44. The molecule has 2 aromatic heterocycles. The lowest BCUT2D eigenvalue weighted by Crippen LogP contribution is -2.48. The summed E-state index contributed by atoms with van der Waals surface area (Å²) in [6, 6.07) is 2.53. The van der Waals surface area contributed by atoms with E-state index >= 15 is 0 Å². The molecule has 0 radical (unpaired) electrons. The van der Waals surface area contributed by atoms with Crippen molar-refractivity contribution in [3.8, 4) is 0 Å². The van der Waals surface area contributed by atoms with Gasteiger partial charge in [0.2, 0.25) is 0 Å². The number of allylic oxidation sites excluding steroid dienone is 6. The number of nitrogens with one attached hydrogen (secondary N) is 1. The van der Waals surface area contributed by atoms with Crippen LogP contribution in [0, 0.1) is 13.8 Å². The van der Waals surface area contributed by atoms with Gasteiger partial charge in [0.15, 0.2) is 0 Å². The van der Waals surface area contributed by atoms with Crippen molar-refractivity contribution in [2.24, 2.45) is 0 Å². The van der Waals surface area contributed by atoms with Crippen LogP contribution >= 0.6 is 0 Å². The Labute approximate surface area is 182 Å². The quantitative estimate of drug-likeness (QED) is 0.821. The predicted molar refractivity (Wildman–Crippen MR) is 123 cm³/mol. The van der Waals surface area contributed by atoms with E-state index in [4.69, 9.17) is 0 Å². The molecule has 0 unspecified atom stereocenters. The first-order valence-electron chi connectivity index (χ1n) is 10.8. The number of carbonyl (C=O) groups is 1.